The van der Waals surface area contributed by atoms with Gasteiger partial charge in [0.2, 0.25) is 0 Å². The minimum Gasteiger partial charge on any atom is -0.392 e. The van der Waals surface area contributed by atoms with Crippen LogP contribution in [0, 0.1) is 10.1 Å². The minimum atomic E-state index is -0.862. The molecule has 1 heterocycles. The van der Waals surface area contributed by atoms with Crippen molar-refractivity contribution in [3.63, 3.8) is 0 Å². The van der Waals surface area contributed by atoms with Gasteiger partial charge in [-0.3, -0.25) is 15.1 Å². The van der Waals surface area contributed by atoms with Crippen LogP contribution < -0.4 is 4.57 Å². The van der Waals surface area contributed by atoms with Crippen LogP contribution in [-0.4, -0.2) is 22.6 Å². The first-order valence-electron chi connectivity index (χ1n) is 5.83. The second kappa shape index (κ2) is 6.37. The Morgan fingerprint density at radius 1 is 1.35 bits per heavy atom. The van der Waals surface area contributed by atoms with E-state index in [4.69, 9.17) is 0 Å². The Bertz CT molecular complexity index is 616. The monoisotopic (exact) mass is 274 g/mol. The summed E-state index contributed by atoms with van der Waals surface area (Å²) in [4.78, 5) is 25.1. The molecule has 7 heteroatoms. The van der Waals surface area contributed by atoms with Gasteiger partial charge in [-0.2, -0.15) is 4.57 Å². The minimum absolute atomic E-state index is 0.165. The van der Waals surface area contributed by atoms with Crippen molar-refractivity contribution in [1.29, 1.82) is 0 Å². The van der Waals surface area contributed by atoms with Crippen molar-refractivity contribution in [1.82, 2.24) is 4.98 Å². The lowest BCUT2D eigenvalue weighted by atomic mass is 10.2. The van der Waals surface area contributed by atoms with Crippen LogP contribution in [-0.2, 0) is 11.3 Å². The molecule has 0 aliphatic carbocycles. The van der Waals surface area contributed by atoms with Gasteiger partial charge in [-0.15, -0.1) is 0 Å². The summed E-state index contributed by atoms with van der Waals surface area (Å²) in [6.07, 6.45) is 4.48. The first-order chi connectivity index (χ1) is 9.66. The second-order valence-electron chi connectivity index (χ2n) is 3.97. The molecule has 0 fully saturated rings. The van der Waals surface area contributed by atoms with Crippen molar-refractivity contribution in [2.45, 2.75) is 6.54 Å². The van der Waals surface area contributed by atoms with Crippen molar-refractivity contribution < 1.29 is 19.0 Å². The first-order valence-corrected chi connectivity index (χ1v) is 5.83. The maximum absolute atomic E-state index is 11.8. The third-order valence-electron chi connectivity index (χ3n) is 2.54. The third kappa shape index (κ3) is 3.58. The highest BCUT2D eigenvalue weighted by atomic mass is 16.7. The molecule has 2 rings (SSSR count). The van der Waals surface area contributed by atoms with Crippen molar-refractivity contribution in [2.24, 2.45) is 0 Å². The highest BCUT2D eigenvalue weighted by molar-refractivity contribution is 5.85. The smallest absolute Gasteiger partial charge is 0.392 e. The maximum Gasteiger partial charge on any atom is 0.410 e. The topological polar surface area (TPSA) is 86.2 Å². The van der Waals surface area contributed by atoms with Crippen LogP contribution in [0.4, 0.5) is 0 Å². The van der Waals surface area contributed by atoms with Gasteiger partial charge in [-0.1, -0.05) is 30.3 Å². The van der Waals surface area contributed by atoms with Crippen molar-refractivity contribution in [2.75, 3.05) is 6.73 Å². The largest absolute Gasteiger partial charge is 0.410 e. The molecule has 0 N–H and O–H groups in total. The lowest BCUT2D eigenvalue weighted by molar-refractivity contribution is -0.691. The number of nitrogens with zero attached hydrogens (tertiary/aromatic N) is 3. The Morgan fingerprint density at radius 2 is 2.10 bits per heavy atom. The predicted octanol–water partition coefficient (Wildman–Crippen LogP) is 0.808. The van der Waals surface area contributed by atoms with Crippen LogP contribution in [0.3, 0.4) is 0 Å². The molecule has 0 saturated carbocycles. The summed E-state index contributed by atoms with van der Waals surface area (Å²) in [5, 5.41) is 10.2. The molecule has 0 radical (unpaired) electrons. The van der Waals surface area contributed by atoms with Crippen LogP contribution in [0.15, 0.2) is 48.9 Å². The van der Waals surface area contributed by atoms with Gasteiger partial charge in [0.25, 0.3) is 0 Å². The van der Waals surface area contributed by atoms with Gasteiger partial charge in [-0.25, -0.2) is 4.79 Å². The molecule has 0 amide bonds. The van der Waals surface area contributed by atoms with Gasteiger partial charge in [0, 0.05) is 5.56 Å². The van der Waals surface area contributed by atoms with Gasteiger partial charge in [0.15, 0.2) is 12.7 Å². The van der Waals surface area contributed by atoms with E-state index in [2.05, 4.69) is 9.72 Å². The van der Waals surface area contributed by atoms with E-state index in [0.29, 0.717) is 6.54 Å². The number of ether oxygens (including phenoxy) is 1. The van der Waals surface area contributed by atoms with E-state index in [9.17, 15) is 14.9 Å². The Kier molecular flexibility index (Phi) is 4.33. The first kappa shape index (κ1) is 13.6. The van der Waals surface area contributed by atoms with Crippen LogP contribution >= 0.6 is 0 Å². The number of carbonyl (C=O) groups is 1. The van der Waals surface area contributed by atoms with Crippen LogP contribution in [0.25, 0.3) is 0 Å². The summed E-state index contributed by atoms with van der Waals surface area (Å²) in [5.41, 5.74) is 1.16. The highest BCUT2D eigenvalue weighted by Gasteiger charge is 2.22. The molecule has 0 saturated heterocycles. The molecule has 0 bridgehead atoms. The Labute approximate surface area is 114 Å². The van der Waals surface area contributed by atoms with E-state index in [1.165, 1.54) is 12.4 Å². The highest BCUT2D eigenvalue weighted by Crippen LogP contribution is 2.00. The number of hydrogen-bond acceptors (Lipinski definition) is 5. The molecule has 1 aromatic heterocycles. The Hall–Kier alpha value is -2.83. The van der Waals surface area contributed by atoms with Crippen LogP contribution in [0.1, 0.15) is 16.1 Å². The summed E-state index contributed by atoms with van der Waals surface area (Å²) < 4.78 is 6.20. The van der Waals surface area contributed by atoms with Gasteiger partial charge in [0.1, 0.15) is 6.20 Å². The molecule has 20 heavy (non-hydrogen) atoms. The Balaban J connectivity index is 2.18. The molecule has 0 aliphatic heterocycles. The lowest BCUT2D eigenvalue weighted by Gasteiger charge is -2.02. The zero-order chi connectivity index (χ0) is 14.4. The van der Waals surface area contributed by atoms with E-state index in [1.54, 1.807) is 10.8 Å². The normalized spacial score (nSPS) is 10.0. The molecule has 102 valence electrons. The fourth-order valence-electron chi connectivity index (χ4n) is 1.66. The average Bonchev–Trinajstić information content (AvgIpc) is 2.46. The maximum atomic E-state index is 11.8. The number of nitro groups is 1. The molecular formula is C13H12N3O4+. The van der Waals surface area contributed by atoms with Crippen molar-refractivity contribution in [3.8, 4) is 0 Å². The summed E-state index contributed by atoms with van der Waals surface area (Å²) >= 11 is 0. The Morgan fingerprint density at radius 3 is 2.80 bits per heavy atom. The van der Waals surface area contributed by atoms with E-state index < -0.39 is 17.6 Å². The zero-order valence-corrected chi connectivity index (χ0v) is 10.5. The summed E-state index contributed by atoms with van der Waals surface area (Å²) in [7, 11) is 0. The standard InChI is InChI=1S/C13H12N3O4/c17-13(20-10-16(18)19)12-8-14-6-7-15(12)9-11-4-2-1-3-5-11/h1-8H,9-10H2/q+1. The zero-order valence-electron chi connectivity index (χ0n) is 10.5. The molecule has 0 spiro atoms. The fourth-order valence-corrected chi connectivity index (χ4v) is 1.66. The number of carbonyl (C=O) groups excluding carboxylic acids is 1. The molecule has 1 aromatic carbocycles. The van der Waals surface area contributed by atoms with E-state index in [-0.39, 0.29) is 5.69 Å². The van der Waals surface area contributed by atoms with Crippen molar-refractivity contribution >= 4 is 5.97 Å². The fraction of sp³-hybridized carbons (Fsp3) is 0.154. The summed E-state index contributed by atoms with van der Waals surface area (Å²) in [6.45, 7) is -0.411. The summed E-state index contributed by atoms with van der Waals surface area (Å²) in [5.74, 6) is -0.772. The molecule has 0 unspecified atom stereocenters. The number of esters is 1. The number of aromatic nitrogens is 2. The van der Waals surface area contributed by atoms with Crippen molar-refractivity contribution in [3.05, 3.63) is 70.3 Å². The van der Waals surface area contributed by atoms with Crippen LogP contribution in [0.2, 0.25) is 0 Å². The van der Waals surface area contributed by atoms with E-state index >= 15 is 0 Å². The summed E-state index contributed by atoms with van der Waals surface area (Å²) in [6, 6.07) is 9.51. The van der Waals surface area contributed by atoms with Crippen LogP contribution in [0.5, 0.6) is 0 Å². The lowest BCUT2D eigenvalue weighted by Crippen LogP contribution is -2.41. The molecule has 0 aliphatic rings. The van der Waals surface area contributed by atoms with Gasteiger partial charge >= 0.3 is 18.4 Å². The quantitative estimate of drug-likeness (QED) is 0.265. The number of hydrogen-bond donors (Lipinski definition) is 0. The van der Waals surface area contributed by atoms with Gasteiger partial charge < -0.3 is 4.74 Å². The molecular weight excluding hydrogens is 262 g/mol. The van der Waals surface area contributed by atoms with E-state index in [1.807, 2.05) is 30.3 Å². The SMILES string of the molecule is O=C(OC[N+](=O)[O-])c1cncc[n+]1Cc1ccccc1. The molecule has 2 aromatic rings. The van der Waals surface area contributed by atoms with E-state index in [0.717, 1.165) is 5.56 Å². The van der Waals surface area contributed by atoms with Gasteiger partial charge in [0.05, 0.1) is 11.1 Å². The average molecular weight is 274 g/mol. The number of benzene rings is 1. The number of rotatable bonds is 5. The third-order valence-corrected chi connectivity index (χ3v) is 2.54. The predicted molar refractivity (Wildman–Crippen MR) is 67.3 cm³/mol. The molecule has 7 nitrogen and oxygen atoms in total. The van der Waals surface area contributed by atoms with Gasteiger partial charge in [-0.05, 0) is 0 Å². The second-order valence-corrected chi connectivity index (χ2v) is 3.97. The molecule has 0 atom stereocenters.